The molecule has 0 radical (unpaired) electrons. The Morgan fingerprint density at radius 3 is 2.30 bits per heavy atom. The van der Waals surface area contributed by atoms with E-state index >= 15 is 0 Å². The van der Waals surface area contributed by atoms with Crippen LogP contribution < -0.4 is 4.72 Å². The maximum Gasteiger partial charge on any atom is 0.240 e. The van der Waals surface area contributed by atoms with E-state index in [9.17, 15) is 8.42 Å². The largest absolute Gasteiger partial charge is 0.240 e. The number of benzene rings is 2. The summed E-state index contributed by atoms with van der Waals surface area (Å²) in [5, 5.41) is 0.556. The Hall–Kier alpha value is -0.590. The van der Waals surface area contributed by atoms with Gasteiger partial charge in [0.15, 0.2) is 0 Å². The summed E-state index contributed by atoms with van der Waals surface area (Å²) in [5.41, 5.74) is 0.844. The fourth-order valence-corrected chi connectivity index (χ4v) is 3.78. The molecule has 3 nitrogen and oxygen atoms in total. The lowest BCUT2D eigenvalue weighted by Gasteiger charge is -2.08. The predicted octanol–water partition coefficient (Wildman–Crippen LogP) is 4.23. The molecule has 0 bridgehead atoms. The fraction of sp³-hybridized carbons (Fsp3) is 0.0769. The van der Waals surface area contributed by atoms with Gasteiger partial charge in [-0.25, -0.2) is 13.1 Å². The Balaban J connectivity index is 2.19. The van der Waals surface area contributed by atoms with Crippen LogP contribution in [0.5, 0.6) is 0 Å². The van der Waals surface area contributed by atoms with Crippen LogP contribution in [0.4, 0.5) is 0 Å². The zero-order valence-corrected chi connectivity index (χ0v) is 14.0. The van der Waals surface area contributed by atoms with E-state index in [-0.39, 0.29) is 21.5 Å². The van der Waals surface area contributed by atoms with E-state index in [0.717, 1.165) is 10.0 Å². The van der Waals surface area contributed by atoms with Crippen LogP contribution in [0.2, 0.25) is 10.0 Å². The molecule has 0 spiro atoms. The fourth-order valence-electron chi connectivity index (χ4n) is 1.59. The molecule has 2 aromatic carbocycles. The molecule has 0 saturated carbocycles. The minimum absolute atomic E-state index is 0.0463. The molecule has 20 heavy (non-hydrogen) atoms. The van der Waals surface area contributed by atoms with Crippen molar-refractivity contribution in [3.63, 3.8) is 0 Å². The molecule has 2 rings (SSSR count). The van der Waals surface area contributed by atoms with Gasteiger partial charge in [0.2, 0.25) is 10.0 Å². The second kappa shape index (κ2) is 6.45. The van der Waals surface area contributed by atoms with Crippen LogP contribution in [-0.2, 0) is 16.6 Å². The summed E-state index contributed by atoms with van der Waals surface area (Å²) in [6.45, 7) is 0.186. The van der Waals surface area contributed by atoms with Crippen molar-refractivity contribution in [2.75, 3.05) is 0 Å². The third kappa shape index (κ3) is 4.20. The van der Waals surface area contributed by atoms with Gasteiger partial charge in [-0.1, -0.05) is 51.3 Å². The number of hydrogen-bond acceptors (Lipinski definition) is 2. The second-order valence-electron chi connectivity index (χ2n) is 4.06. The van der Waals surface area contributed by atoms with Gasteiger partial charge in [-0.2, -0.15) is 0 Å². The summed E-state index contributed by atoms with van der Waals surface area (Å²) in [7, 11) is -3.65. The molecule has 0 aliphatic heterocycles. The molecular formula is C13H10BrCl2NO2S. The van der Waals surface area contributed by atoms with Gasteiger partial charge in [-0.15, -0.1) is 0 Å². The Labute approximate surface area is 136 Å². The van der Waals surface area contributed by atoms with Gasteiger partial charge in [0.1, 0.15) is 0 Å². The summed E-state index contributed by atoms with van der Waals surface area (Å²) in [6, 6.07) is 11.6. The van der Waals surface area contributed by atoms with Gasteiger partial charge in [-0.05, 0) is 35.9 Å². The predicted molar refractivity (Wildman–Crippen MR) is 84.6 cm³/mol. The highest BCUT2D eigenvalue weighted by atomic mass is 79.9. The SMILES string of the molecule is O=S(=O)(NCc1cccc(Br)c1)c1cc(Cl)cc(Cl)c1. The third-order valence-corrected chi connectivity index (χ3v) is 4.81. The highest BCUT2D eigenvalue weighted by Gasteiger charge is 2.15. The topological polar surface area (TPSA) is 46.2 Å². The number of halogens is 3. The first kappa shape index (κ1) is 15.8. The smallest absolute Gasteiger partial charge is 0.207 e. The molecule has 0 aliphatic rings. The van der Waals surface area contributed by atoms with Crippen molar-refractivity contribution in [3.8, 4) is 0 Å². The highest BCUT2D eigenvalue weighted by Crippen LogP contribution is 2.22. The molecule has 2 aromatic rings. The summed E-state index contributed by atoms with van der Waals surface area (Å²) < 4.78 is 27.7. The first-order valence-corrected chi connectivity index (χ1v) is 8.60. The molecule has 0 aromatic heterocycles. The van der Waals surface area contributed by atoms with Crippen LogP contribution in [-0.4, -0.2) is 8.42 Å². The van der Waals surface area contributed by atoms with E-state index in [4.69, 9.17) is 23.2 Å². The Morgan fingerprint density at radius 1 is 1.05 bits per heavy atom. The minimum atomic E-state index is -3.65. The average molecular weight is 395 g/mol. The first-order chi connectivity index (χ1) is 9.37. The Morgan fingerprint density at radius 2 is 1.70 bits per heavy atom. The van der Waals surface area contributed by atoms with Gasteiger partial charge in [0, 0.05) is 21.1 Å². The van der Waals surface area contributed by atoms with Crippen molar-refractivity contribution in [3.05, 3.63) is 62.5 Å². The molecule has 0 heterocycles. The number of hydrogen-bond donors (Lipinski definition) is 1. The van der Waals surface area contributed by atoms with Crippen LogP contribution in [0.15, 0.2) is 51.8 Å². The van der Waals surface area contributed by atoms with Gasteiger partial charge in [-0.3, -0.25) is 0 Å². The number of rotatable bonds is 4. The lowest BCUT2D eigenvalue weighted by Crippen LogP contribution is -2.23. The van der Waals surface area contributed by atoms with E-state index < -0.39 is 10.0 Å². The lowest BCUT2D eigenvalue weighted by molar-refractivity contribution is 0.581. The quantitative estimate of drug-likeness (QED) is 0.843. The maximum atomic E-state index is 12.2. The molecule has 0 unspecified atom stereocenters. The first-order valence-electron chi connectivity index (χ1n) is 5.57. The second-order valence-corrected chi connectivity index (χ2v) is 7.62. The van der Waals surface area contributed by atoms with Crippen LogP contribution in [0.3, 0.4) is 0 Å². The molecule has 0 amide bonds. The molecule has 0 atom stereocenters. The Kier molecular flexibility index (Phi) is 5.09. The summed E-state index contributed by atoms with van der Waals surface area (Å²) in [5.74, 6) is 0. The Bertz CT molecular complexity index is 715. The van der Waals surface area contributed by atoms with E-state index in [1.54, 1.807) is 0 Å². The van der Waals surface area contributed by atoms with Gasteiger partial charge in [0.05, 0.1) is 4.90 Å². The van der Waals surface area contributed by atoms with Crippen molar-refractivity contribution < 1.29 is 8.42 Å². The van der Waals surface area contributed by atoms with Crippen molar-refractivity contribution in [2.24, 2.45) is 0 Å². The van der Waals surface area contributed by atoms with E-state index in [1.807, 2.05) is 24.3 Å². The molecule has 0 aliphatic carbocycles. The van der Waals surface area contributed by atoms with E-state index in [1.165, 1.54) is 18.2 Å². The van der Waals surface area contributed by atoms with Gasteiger partial charge in [0.25, 0.3) is 0 Å². The molecule has 0 saturated heterocycles. The van der Waals surface area contributed by atoms with Crippen LogP contribution in [0, 0.1) is 0 Å². The lowest BCUT2D eigenvalue weighted by atomic mass is 10.2. The van der Waals surface area contributed by atoms with E-state index in [2.05, 4.69) is 20.7 Å². The maximum absolute atomic E-state index is 12.2. The summed E-state index contributed by atoms with van der Waals surface area (Å²) in [6.07, 6.45) is 0. The minimum Gasteiger partial charge on any atom is -0.207 e. The zero-order chi connectivity index (χ0) is 14.8. The standard InChI is InChI=1S/C13H10BrCl2NO2S/c14-10-3-1-2-9(4-10)8-17-20(18,19)13-6-11(15)5-12(16)7-13/h1-7,17H,8H2. The summed E-state index contributed by atoms with van der Waals surface area (Å²) in [4.78, 5) is 0.0463. The number of nitrogens with one attached hydrogen (secondary N) is 1. The van der Waals surface area contributed by atoms with Crippen molar-refractivity contribution in [1.29, 1.82) is 0 Å². The molecule has 106 valence electrons. The zero-order valence-electron chi connectivity index (χ0n) is 10.1. The average Bonchev–Trinajstić information content (AvgIpc) is 2.35. The molecular weight excluding hydrogens is 385 g/mol. The van der Waals surface area contributed by atoms with Crippen LogP contribution in [0.25, 0.3) is 0 Å². The van der Waals surface area contributed by atoms with Crippen LogP contribution >= 0.6 is 39.1 Å². The molecule has 1 N–H and O–H groups in total. The normalized spacial score (nSPS) is 11.6. The molecule has 7 heteroatoms. The van der Waals surface area contributed by atoms with Crippen molar-refractivity contribution >= 4 is 49.2 Å². The van der Waals surface area contributed by atoms with E-state index in [0.29, 0.717) is 0 Å². The highest BCUT2D eigenvalue weighted by molar-refractivity contribution is 9.10. The van der Waals surface area contributed by atoms with Gasteiger partial charge < -0.3 is 0 Å². The molecule has 0 fully saturated rings. The third-order valence-electron chi connectivity index (χ3n) is 2.50. The van der Waals surface area contributed by atoms with Crippen molar-refractivity contribution in [2.45, 2.75) is 11.4 Å². The summed E-state index contributed by atoms with van der Waals surface area (Å²) >= 11 is 15.0. The number of sulfonamides is 1. The van der Waals surface area contributed by atoms with Crippen molar-refractivity contribution in [1.82, 2.24) is 4.72 Å². The monoisotopic (exact) mass is 393 g/mol. The van der Waals surface area contributed by atoms with Crippen LogP contribution in [0.1, 0.15) is 5.56 Å². The van der Waals surface area contributed by atoms with Gasteiger partial charge >= 0.3 is 0 Å².